The molecule has 2 N–H and O–H groups in total. The number of rotatable bonds is 5. The number of amides is 1. The van der Waals surface area contributed by atoms with Crippen LogP contribution in [0.4, 0.5) is 4.79 Å². The monoisotopic (exact) mass is 226 g/mol. The van der Waals surface area contributed by atoms with Crippen LogP contribution in [0.15, 0.2) is 0 Å². The first-order chi connectivity index (χ1) is 6.37. The van der Waals surface area contributed by atoms with Crippen molar-refractivity contribution in [1.82, 2.24) is 9.61 Å². The summed E-state index contributed by atoms with van der Waals surface area (Å²) in [6, 6.07) is 0. The normalized spacial score (nSPS) is 11.4. The Morgan fingerprint density at radius 3 is 2.43 bits per heavy atom. The van der Waals surface area contributed by atoms with Gasteiger partial charge >= 0.3 is 16.3 Å². The van der Waals surface area contributed by atoms with Gasteiger partial charge < -0.3 is 4.74 Å². The zero-order valence-corrected chi connectivity index (χ0v) is 9.05. The molecule has 0 aliphatic rings. The van der Waals surface area contributed by atoms with Crippen molar-refractivity contribution in [2.24, 2.45) is 0 Å². The Kier molecular flexibility index (Phi) is 5.43. The fraction of sp³-hybridized carbons (Fsp3) is 0.833. The highest BCUT2D eigenvalue weighted by molar-refractivity contribution is 7.87. The molecule has 0 saturated heterocycles. The summed E-state index contributed by atoms with van der Waals surface area (Å²) in [5, 5.41) is 0. The molecule has 0 atom stereocenters. The van der Waals surface area contributed by atoms with Crippen LogP contribution in [0.3, 0.4) is 0 Å². The molecular weight excluding hydrogens is 212 g/mol. The van der Waals surface area contributed by atoms with Crippen molar-refractivity contribution >= 4 is 16.3 Å². The third kappa shape index (κ3) is 6.63. The summed E-state index contributed by atoms with van der Waals surface area (Å²) < 4.78 is 28.0. The van der Waals surface area contributed by atoms with Crippen LogP contribution >= 0.6 is 0 Å². The summed E-state index contributed by atoms with van der Waals surface area (Å²) in [5.41, 5.74) is 0. The van der Waals surface area contributed by atoms with Gasteiger partial charge in [0.1, 0.15) is 0 Å². The van der Waals surface area contributed by atoms with E-state index in [1.807, 2.05) is 0 Å². The van der Waals surface area contributed by atoms with Crippen molar-refractivity contribution < 1.29 is 22.8 Å². The number of hydrogen-bond acceptors (Lipinski definition) is 5. The predicted octanol–water partition coefficient (Wildman–Crippen LogP) is -0.0931. The Bertz CT molecular complexity index is 274. The van der Waals surface area contributed by atoms with E-state index in [1.54, 1.807) is 30.4 Å². The molecule has 14 heavy (non-hydrogen) atoms. The van der Waals surface area contributed by atoms with Gasteiger partial charge in [0, 0.05) is 0 Å². The number of carbonyl (C=O) groups excluding carboxylic acids is 1. The highest BCUT2D eigenvalue weighted by atomic mass is 32.2. The van der Waals surface area contributed by atoms with Gasteiger partial charge in [-0.2, -0.15) is 8.42 Å². The lowest BCUT2D eigenvalue weighted by atomic mass is 10.5. The van der Waals surface area contributed by atoms with Crippen LogP contribution in [0.2, 0.25) is 0 Å². The van der Waals surface area contributed by atoms with E-state index in [9.17, 15) is 13.2 Å². The number of hydrogen-bond donors (Lipinski definition) is 2. The van der Waals surface area contributed by atoms with Gasteiger partial charge in [0.2, 0.25) is 0 Å². The smallest absolute Gasteiger partial charge is 0.422 e. The second kappa shape index (κ2) is 5.78. The first kappa shape index (κ1) is 13.1. The van der Waals surface area contributed by atoms with Gasteiger partial charge in [0.25, 0.3) is 0 Å². The third-order valence-corrected chi connectivity index (χ3v) is 1.65. The van der Waals surface area contributed by atoms with Crippen LogP contribution in [-0.2, 0) is 19.8 Å². The molecule has 0 spiro atoms. The van der Waals surface area contributed by atoms with Gasteiger partial charge in [-0.1, -0.05) is 4.89 Å². The molecule has 0 aromatic carbocycles. The summed E-state index contributed by atoms with van der Waals surface area (Å²) in [5.74, 6) is 0. The summed E-state index contributed by atoms with van der Waals surface area (Å²) >= 11 is 0. The van der Waals surface area contributed by atoms with Gasteiger partial charge in [-0.3, -0.25) is 4.84 Å². The zero-order chi connectivity index (χ0) is 11.2. The second-order valence-corrected chi connectivity index (χ2v) is 3.95. The average Bonchev–Trinajstić information content (AvgIpc) is 1.98. The highest BCUT2D eigenvalue weighted by Gasteiger charge is 2.15. The molecule has 0 aromatic rings. The van der Waals surface area contributed by atoms with Gasteiger partial charge in [-0.05, 0) is 20.8 Å². The van der Waals surface area contributed by atoms with E-state index in [0.717, 1.165) is 0 Å². The topological polar surface area (TPSA) is 93.7 Å². The van der Waals surface area contributed by atoms with Gasteiger partial charge in [-0.15, -0.1) is 0 Å². The van der Waals surface area contributed by atoms with Crippen molar-refractivity contribution in [3.05, 3.63) is 0 Å². The molecule has 0 bridgehead atoms. The van der Waals surface area contributed by atoms with Crippen molar-refractivity contribution in [2.75, 3.05) is 6.61 Å². The molecule has 0 radical (unpaired) electrons. The van der Waals surface area contributed by atoms with E-state index in [1.165, 1.54) is 0 Å². The molecule has 0 fully saturated rings. The van der Waals surface area contributed by atoms with Crippen LogP contribution in [-0.4, -0.2) is 27.2 Å². The second-order valence-electron chi connectivity index (χ2n) is 2.58. The quantitative estimate of drug-likeness (QED) is 0.639. The van der Waals surface area contributed by atoms with Crippen molar-refractivity contribution in [2.45, 2.75) is 26.9 Å². The Hall–Kier alpha value is -0.860. The Balaban J connectivity index is 4.03. The molecule has 8 heteroatoms. The van der Waals surface area contributed by atoms with Crippen LogP contribution in [0.25, 0.3) is 0 Å². The lowest BCUT2D eigenvalue weighted by molar-refractivity contribution is 0.101. The fourth-order valence-electron chi connectivity index (χ4n) is 0.505. The van der Waals surface area contributed by atoms with E-state index in [-0.39, 0.29) is 6.61 Å². The standard InChI is InChI=1S/C6H14N2O5S/c1-4-12-8-14(10,11)7-6(9)13-5(2)3/h5,8H,4H2,1-3H3,(H,7,9). The van der Waals surface area contributed by atoms with Crippen molar-refractivity contribution in [3.8, 4) is 0 Å². The molecule has 0 aliphatic heterocycles. The molecule has 0 heterocycles. The lowest BCUT2D eigenvalue weighted by Gasteiger charge is -2.09. The minimum atomic E-state index is -3.99. The van der Waals surface area contributed by atoms with Gasteiger partial charge in [-0.25, -0.2) is 9.52 Å². The summed E-state index contributed by atoms with van der Waals surface area (Å²) in [6.45, 7) is 4.94. The summed E-state index contributed by atoms with van der Waals surface area (Å²) in [6.07, 6.45) is -1.44. The van der Waals surface area contributed by atoms with Crippen LogP contribution < -0.4 is 9.61 Å². The minimum Gasteiger partial charge on any atom is -0.446 e. The lowest BCUT2D eigenvalue weighted by Crippen LogP contribution is -2.41. The van der Waals surface area contributed by atoms with Gasteiger partial charge in [0.15, 0.2) is 0 Å². The average molecular weight is 226 g/mol. The molecule has 1 amide bonds. The van der Waals surface area contributed by atoms with Crippen molar-refractivity contribution in [1.29, 1.82) is 0 Å². The molecular formula is C6H14N2O5S. The van der Waals surface area contributed by atoms with E-state index in [2.05, 4.69) is 9.57 Å². The molecule has 0 unspecified atom stereocenters. The number of nitrogens with one attached hydrogen (secondary N) is 2. The minimum absolute atomic E-state index is 0.153. The maximum absolute atomic E-state index is 10.9. The SMILES string of the molecule is CCONS(=O)(=O)NC(=O)OC(C)C. The van der Waals surface area contributed by atoms with E-state index in [4.69, 9.17) is 0 Å². The Morgan fingerprint density at radius 1 is 1.43 bits per heavy atom. The molecule has 0 saturated carbocycles. The number of ether oxygens (including phenoxy) is 1. The van der Waals surface area contributed by atoms with Crippen LogP contribution in [0.1, 0.15) is 20.8 Å². The Morgan fingerprint density at radius 2 is 2.00 bits per heavy atom. The highest BCUT2D eigenvalue weighted by Crippen LogP contribution is 1.89. The Labute approximate surface area is 82.9 Å². The molecule has 7 nitrogen and oxygen atoms in total. The molecule has 0 aromatic heterocycles. The first-order valence-corrected chi connectivity index (χ1v) is 5.47. The zero-order valence-electron chi connectivity index (χ0n) is 8.23. The fourth-order valence-corrected chi connectivity index (χ4v) is 1.09. The largest absolute Gasteiger partial charge is 0.446 e. The molecule has 0 aliphatic carbocycles. The van der Waals surface area contributed by atoms with Gasteiger partial charge in [0.05, 0.1) is 12.7 Å². The number of carbonyl (C=O) groups is 1. The molecule has 84 valence electrons. The van der Waals surface area contributed by atoms with Crippen LogP contribution in [0, 0.1) is 0 Å². The first-order valence-electron chi connectivity index (χ1n) is 3.99. The van der Waals surface area contributed by atoms with Crippen molar-refractivity contribution in [3.63, 3.8) is 0 Å². The van der Waals surface area contributed by atoms with Crippen LogP contribution in [0.5, 0.6) is 0 Å². The third-order valence-electron chi connectivity index (χ3n) is 0.873. The maximum atomic E-state index is 10.9. The maximum Gasteiger partial charge on any atom is 0.422 e. The summed E-state index contributed by atoms with van der Waals surface area (Å²) in [4.78, 5) is 16.9. The van der Waals surface area contributed by atoms with E-state index in [0.29, 0.717) is 0 Å². The van der Waals surface area contributed by atoms with E-state index < -0.39 is 22.4 Å². The predicted molar refractivity (Wildman–Crippen MR) is 48.4 cm³/mol. The molecule has 0 rings (SSSR count). The van der Waals surface area contributed by atoms with E-state index >= 15 is 0 Å². The summed E-state index contributed by atoms with van der Waals surface area (Å²) in [7, 11) is -3.99.